The van der Waals surface area contributed by atoms with Crippen LogP contribution >= 0.6 is 0 Å². The molecule has 0 aliphatic heterocycles. The summed E-state index contributed by atoms with van der Waals surface area (Å²) in [6, 6.07) is 11.5. The molecule has 1 nitrogen and oxygen atoms in total. The van der Waals surface area contributed by atoms with Gasteiger partial charge in [-0.05, 0) is 30.5 Å². The highest BCUT2D eigenvalue weighted by molar-refractivity contribution is 5.80. The fourth-order valence-electron chi connectivity index (χ4n) is 2.40. The average molecular weight is 240 g/mol. The third kappa shape index (κ3) is 3.56. The highest BCUT2D eigenvalue weighted by Gasteiger charge is 2.01. The van der Waals surface area contributed by atoms with E-state index in [9.17, 15) is 0 Å². The van der Waals surface area contributed by atoms with E-state index in [1.807, 2.05) is 12.3 Å². The van der Waals surface area contributed by atoms with Crippen molar-refractivity contribution in [1.82, 2.24) is 4.98 Å². The number of unbranched alkanes of at least 4 members (excludes halogenated alkanes) is 5. The zero-order chi connectivity index (χ0) is 12.6. The quantitative estimate of drug-likeness (QED) is 0.625. The molecule has 0 unspecified atom stereocenters. The van der Waals surface area contributed by atoms with Crippen molar-refractivity contribution in [1.29, 1.82) is 0 Å². The number of pyridine rings is 1. The van der Waals surface area contributed by atoms with Crippen molar-refractivity contribution in [3.63, 3.8) is 0 Å². The summed E-state index contributed by atoms with van der Waals surface area (Å²) >= 11 is 0. The Balaban J connectivity index is 1.88. The van der Waals surface area contributed by atoms with Gasteiger partial charge in [0.1, 0.15) is 0 Å². The highest BCUT2D eigenvalue weighted by Crippen LogP contribution is 2.18. The molecular formula is C17H22N. The lowest BCUT2D eigenvalue weighted by atomic mass is 10.0. The molecule has 95 valence electrons. The SMILES string of the molecule is CCCCCCCCc1cccc2[c]ccnc12. The summed E-state index contributed by atoms with van der Waals surface area (Å²) in [5.41, 5.74) is 2.51. The van der Waals surface area contributed by atoms with Gasteiger partial charge in [-0.3, -0.25) is 4.98 Å². The second-order valence-electron chi connectivity index (χ2n) is 4.92. The molecule has 1 heterocycles. The Labute approximate surface area is 110 Å². The monoisotopic (exact) mass is 240 g/mol. The van der Waals surface area contributed by atoms with Crippen molar-refractivity contribution < 1.29 is 0 Å². The van der Waals surface area contributed by atoms with Crippen molar-refractivity contribution >= 4 is 10.9 Å². The Morgan fingerprint density at radius 3 is 2.78 bits per heavy atom. The van der Waals surface area contributed by atoms with Crippen molar-refractivity contribution in [2.75, 3.05) is 0 Å². The average Bonchev–Trinajstić information content (AvgIpc) is 2.43. The van der Waals surface area contributed by atoms with Gasteiger partial charge in [0.2, 0.25) is 0 Å². The first-order valence-electron chi connectivity index (χ1n) is 7.16. The Morgan fingerprint density at radius 2 is 1.89 bits per heavy atom. The Morgan fingerprint density at radius 1 is 1.06 bits per heavy atom. The molecule has 0 aliphatic rings. The number of benzene rings is 1. The Bertz CT molecular complexity index is 470. The van der Waals surface area contributed by atoms with Crippen LogP contribution in [0.1, 0.15) is 51.0 Å². The standard InChI is InChI=1S/C17H22N/c1-2-3-4-5-6-7-10-15-11-8-12-16-13-9-14-18-17(15)16/h8-9,11-12,14H,2-7,10H2,1H3. The molecule has 0 N–H and O–H groups in total. The van der Waals surface area contributed by atoms with Gasteiger partial charge in [-0.25, -0.2) is 0 Å². The number of rotatable bonds is 7. The first kappa shape index (κ1) is 13.1. The highest BCUT2D eigenvalue weighted by atomic mass is 14.6. The first-order chi connectivity index (χ1) is 8.92. The fraction of sp³-hybridized carbons (Fsp3) is 0.471. The van der Waals surface area contributed by atoms with Crippen LogP contribution in [0.2, 0.25) is 0 Å². The van der Waals surface area contributed by atoms with Crippen molar-refractivity contribution in [3.8, 4) is 0 Å². The molecule has 0 saturated carbocycles. The lowest BCUT2D eigenvalue weighted by molar-refractivity contribution is 0.608. The summed E-state index contributed by atoms with van der Waals surface area (Å²) in [6.45, 7) is 2.26. The molecule has 0 spiro atoms. The smallest absolute Gasteiger partial charge is 0.0740 e. The van der Waals surface area contributed by atoms with Crippen molar-refractivity contribution in [2.45, 2.75) is 51.9 Å². The lowest BCUT2D eigenvalue weighted by Gasteiger charge is -2.05. The summed E-state index contributed by atoms with van der Waals surface area (Å²) in [6.07, 6.45) is 11.1. The van der Waals surface area contributed by atoms with E-state index < -0.39 is 0 Å². The second kappa shape index (κ2) is 7.15. The Hall–Kier alpha value is -1.37. The maximum Gasteiger partial charge on any atom is 0.0740 e. The van der Waals surface area contributed by atoms with Crippen LogP contribution in [0, 0.1) is 6.07 Å². The molecular weight excluding hydrogens is 218 g/mol. The van der Waals surface area contributed by atoms with Crippen LogP contribution in [0.25, 0.3) is 10.9 Å². The zero-order valence-electron chi connectivity index (χ0n) is 11.3. The van der Waals surface area contributed by atoms with E-state index in [-0.39, 0.29) is 0 Å². The maximum absolute atomic E-state index is 4.48. The van der Waals surface area contributed by atoms with E-state index in [2.05, 4.69) is 36.2 Å². The molecule has 0 fully saturated rings. The zero-order valence-corrected chi connectivity index (χ0v) is 11.3. The summed E-state index contributed by atoms with van der Waals surface area (Å²) < 4.78 is 0. The predicted molar refractivity (Wildman–Crippen MR) is 77.7 cm³/mol. The molecule has 1 radical (unpaired) electrons. The van der Waals surface area contributed by atoms with Gasteiger partial charge in [-0.2, -0.15) is 0 Å². The van der Waals surface area contributed by atoms with E-state index in [1.54, 1.807) is 0 Å². The number of hydrogen-bond acceptors (Lipinski definition) is 1. The molecule has 0 saturated heterocycles. The molecule has 18 heavy (non-hydrogen) atoms. The van der Waals surface area contributed by atoms with Gasteiger partial charge in [0, 0.05) is 11.6 Å². The maximum atomic E-state index is 4.48. The largest absolute Gasteiger partial charge is 0.256 e. The van der Waals surface area contributed by atoms with Crippen LogP contribution in [0.15, 0.2) is 30.5 Å². The molecule has 2 rings (SSSR count). The number of aryl methyl sites for hydroxylation is 1. The summed E-state index contributed by atoms with van der Waals surface area (Å²) in [5.74, 6) is 0. The van der Waals surface area contributed by atoms with Crippen LogP contribution in [0.5, 0.6) is 0 Å². The second-order valence-corrected chi connectivity index (χ2v) is 4.92. The molecule has 1 aromatic heterocycles. The van der Waals surface area contributed by atoms with Crippen LogP contribution in [-0.2, 0) is 6.42 Å². The van der Waals surface area contributed by atoms with Gasteiger partial charge >= 0.3 is 0 Å². The summed E-state index contributed by atoms with van der Waals surface area (Å²) in [7, 11) is 0. The minimum Gasteiger partial charge on any atom is -0.256 e. The van der Waals surface area contributed by atoms with E-state index >= 15 is 0 Å². The molecule has 2 aromatic rings. The van der Waals surface area contributed by atoms with Crippen molar-refractivity contribution in [2.24, 2.45) is 0 Å². The summed E-state index contributed by atoms with van der Waals surface area (Å²) in [5, 5.41) is 1.14. The predicted octanol–water partition coefficient (Wildman–Crippen LogP) is 4.94. The van der Waals surface area contributed by atoms with Gasteiger partial charge in [-0.15, -0.1) is 0 Å². The van der Waals surface area contributed by atoms with Crippen LogP contribution < -0.4 is 0 Å². The minimum atomic E-state index is 1.13. The van der Waals surface area contributed by atoms with E-state index in [1.165, 1.54) is 44.1 Å². The molecule has 1 aromatic carbocycles. The third-order valence-electron chi connectivity index (χ3n) is 3.44. The number of nitrogens with zero attached hydrogens (tertiary/aromatic N) is 1. The van der Waals surface area contributed by atoms with E-state index in [0.29, 0.717) is 0 Å². The van der Waals surface area contributed by atoms with Gasteiger partial charge < -0.3 is 0 Å². The number of aromatic nitrogens is 1. The van der Waals surface area contributed by atoms with Crippen molar-refractivity contribution in [3.05, 3.63) is 42.1 Å². The number of hydrogen-bond donors (Lipinski definition) is 0. The lowest BCUT2D eigenvalue weighted by Crippen LogP contribution is -1.90. The first-order valence-corrected chi connectivity index (χ1v) is 7.16. The Kier molecular flexibility index (Phi) is 5.19. The van der Waals surface area contributed by atoms with Gasteiger partial charge in [-0.1, -0.05) is 57.2 Å². The fourth-order valence-corrected chi connectivity index (χ4v) is 2.40. The molecule has 1 heteroatoms. The van der Waals surface area contributed by atoms with Gasteiger partial charge in [0.25, 0.3) is 0 Å². The van der Waals surface area contributed by atoms with E-state index in [0.717, 1.165) is 17.3 Å². The topological polar surface area (TPSA) is 12.9 Å². The summed E-state index contributed by atoms with van der Waals surface area (Å²) in [4.78, 5) is 4.48. The van der Waals surface area contributed by atoms with Crippen LogP contribution in [0.4, 0.5) is 0 Å². The van der Waals surface area contributed by atoms with Gasteiger partial charge in [0.05, 0.1) is 5.52 Å². The minimum absolute atomic E-state index is 1.13. The van der Waals surface area contributed by atoms with Crippen LogP contribution in [0.3, 0.4) is 0 Å². The van der Waals surface area contributed by atoms with Gasteiger partial charge in [0.15, 0.2) is 0 Å². The molecule has 0 amide bonds. The van der Waals surface area contributed by atoms with E-state index in [4.69, 9.17) is 0 Å². The number of para-hydroxylation sites is 1. The number of fused-ring (bicyclic) bond motifs is 1. The van der Waals surface area contributed by atoms with Crippen LogP contribution in [-0.4, -0.2) is 4.98 Å². The molecule has 0 atom stereocenters. The molecule has 0 bridgehead atoms. The molecule has 0 aliphatic carbocycles. The normalized spacial score (nSPS) is 10.9. The third-order valence-corrected chi connectivity index (χ3v) is 3.44.